The fourth-order valence-electron chi connectivity index (χ4n) is 3.62. The minimum absolute atomic E-state index is 0.0379. The van der Waals surface area contributed by atoms with Crippen LogP contribution in [0, 0.1) is 0 Å². The zero-order chi connectivity index (χ0) is 19.2. The molecule has 1 aliphatic heterocycles. The molecule has 0 spiro atoms. The highest BCUT2D eigenvalue weighted by Crippen LogP contribution is 2.38. The molecule has 2 amide bonds. The summed E-state index contributed by atoms with van der Waals surface area (Å²) in [6, 6.07) is 0. The van der Waals surface area contributed by atoms with Gasteiger partial charge in [-0.25, -0.2) is 0 Å². The van der Waals surface area contributed by atoms with Gasteiger partial charge in [-0.2, -0.15) is 0 Å². The van der Waals surface area contributed by atoms with Gasteiger partial charge in [0.2, 0.25) is 5.91 Å². The van der Waals surface area contributed by atoms with Crippen LogP contribution >= 0.6 is 11.3 Å². The fourth-order valence-corrected chi connectivity index (χ4v) is 4.93. The Hall–Kier alpha value is -1.48. The van der Waals surface area contributed by atoms with E-state index in [0.717, 1.165) is 57.4 Å². The van der Waals surface area contributed by atoms with E-state index in [0.29, 0.717) is 30.3 Å². The highest BCUT2D eigenvalue weighted by Gasteiger charge is 2.26. The summed E-state index contributed by atoms with van der Waals surface area (Å²) in [5.41, 5.74) is 1.79. The minimum atomic E-state index is -0.110. The number of rotatable bonds is 7. The maximum atomic E-state index is 12.8. The van der Waals surface area contributed by atoms with Crippen molar-refractivity contribution >= 4 is 28.2 Å². The molecule has 3 rings (SSSR count). The Morgan fingerprint density at radius 3 is 2.63 bits per heavy atom. The van der Waals surface area contributed by atoms with Gasteiger partial charge >= 0.3 is 0 Å². The predicted octanol–water partition coefficient (Wildman–Crippen LogP) is 1.19. The van der Waals surface area contributed by atoms with Crippen molar-refractivity contribution < 1.29 is 14.3 Å². The van der Waals surface area contributed by atoms with Crippen molar-refractivity contribution in [2.75, 3.05) is 65.3 Å². The maximum Gasteiger partial charge on any atom is 0.254 e. The van der Waals surface area contributed by atoms with Gasteiger partial charge in [-0.3, -0.25) is 14.5 Å². The Morgan fingerprint density at radius 1 is 1.15 bits per heavy atom. The van der Waals surface area contributed by atoms with Gasteiger partial charge in [0.15, 0.2) is 0 Å². The van der Waals surface area contributed by atoms with Crippen LogP contribution in [-0.2, 0) is 22.4 Å². The van der Waals surface area contributed by atoms with Crippen molar-refractivity contribution in [2.45, 2.75) is 25.7 Å². The lowest BCUT2D eigenvalue weighted by Gasteiger charge is -2.31. The van der Waals surface area contributed by atoms with Gasteiger partial charge in [0.05, 0.1) is 18.7 Å². The first kappa shape index (κ1) is 20.3. The number of ether oxygens (including phenoxy) is 1. The molecule has 7 nitrogen and oxygen atoms in total. The second-order valence-electron chi connectivity index (χ2n) is 7.29. The Morgan fingerprint density at radius 2 is 1.89 bits per heavy atom. The summed E-state index contributed by atoms with van der Waals surface area (Å²) in [5, 5.41) is 6.65. The number of nitrogens with zero attached hydrogens (tertiary/aromatic N) is 2. The van der Waals surface area contributed by atoms with E-state index in [2.05, 4.69) is 27.5 Å². The first-order valence-corrected chi connectivity index (χ1v) is 10.5. The zero-order valence-electron chi connectivity index (χ0n) is 16.3. The number of fused-ring (bicyclic) bond motifs is 1. The number of carbonyl (C=O) groups is 2. The lowest BCUT2D eigenvalue weighted by Crippen LogP contribution is -2.47. The van der Waals surface area contributed by atoms with Gasteiger partial charge < -0.3 is 20.3 Å². The molecule has 0 radical (unpaired) electrons. The summed E-state index contributed by atoms with van der Waals surface area (Å²) in [7, 11) is 3.71. The topological polar surface area (TPSA) is 73.9 Å². The van der Waals surface area contributed by atoms with Crippen LogP contribution in [0.3, 0.4) is 0 Å². The average Bonchev–Trinajstić information content (AvgIpc) is 3.01. The van der Waals surface area contributed by atoms with E-state index >= 15 is 0 Å². The SMILES string of the molecule is COCCNC(=O)c1c(NC(=O)CN2CCN(C)CC2)sc2c1CCCC2. The van der Waals surface area contributed by atoms with E-state index in [-0.39, 0.29) is 11.8 Å². The van der Waals surface area contributed by atoms with Crippen LogP contribution in [0.5, 0.6) is 0 Å². The predicted molar refractivity (Wildman–Crippen MR) is 108 cm³/mol. The van der Waals surface area contributed by atoms with Crippen LogP contribution in [0.2, 0.25) is 0 Å². The molecule has 0 atom stereocenters. The van der Waals surface area contributed by atoms with Gasteiger partial charge in [0, 0.05) is 44.7 Å². The average molecular weight is 395 g/mol. The van der Waals surface area contributed by atoms with E-state index in [1.54, 1.807) is 18.4 Å². The molecule has 1 aromatic heterocycles. The molecule has 1 aliphatic carbocycles. The van der Waals surface area contributed by atoms with Crippen molar-refractivity contribution in [3.8, 4) is 0 Å². The first-order valence-electron chi connectivity index (χ1n) is 9.71. The van der Waals surface area contributed by atoms with Gasteiger partial charge in [-0.1, -0.05) is 0 Å². The fraction of sp³-hybridized carbons (Fsp3) is 0.684. The Bertz CT molecular complexity index is 668. The quantitative estimate of drug-likeness (QED) is 0.680. The molecule has 0 unspecified atom stereocenters. The standard InChI is InChI=1S/C19H30N4O3S/c1-22-8-10-23(11-9-22)13-16(24)21-19-17(18(25)20-7-12-26-2)14-5-3-4-6-15(14)27-19/h3-13H2,1-2H3,(H,20,25)(H,21,24). The second kappa shape index (κ2) is 9.64. The zero-order valence-corrected chi connectivity index (χ0v) is 17.1. The monoisotopic (exact) mass is 394 g/mol. The molecule has 1 saturated heterocycles. The highest BCUT2D eigenvalue weighted by molar-refractivity contribution is 7.17. The number of amides is 2. The van der Waals surface area contributed by atoms with Gasteiger partial charge in [-0.05, 0) is 38.3 Å². The van der Waals surface area contributed by atoms with Gasteiger partial charge in [-0.15, -0.1) is 11.3 Å². The van der Waals surface area contributed by atoms with E-state index < -0.39 is 0 Å². The summed E-state index contributed by atoms with van der Waals surface area (Å²) in [5.74, 6) is -0.148. The molecule has 1 fully saturated rings. The molecule has 2 heterocycles. The smallest absolute Gasteiger partial charge is 0.254 e. The Balaban J connectivity index is 1.69. The van der Waals surface area contributed by atoms with E-state index in [4.69, 9.17) is 4.74 Å². The molecule has 27 heavy (non-hydrogen) atoms. The molecule has 0 aromatic carbocycles. The highest BCUT2D eigenvalue weighted by atomic mass is 32.1. The summed E-state index contributed by atoms with van der Waals surface area (Å²) in [4.78, 5) is 31.0. The number of hydrogen-bond donors (Lipinski definition) is 2. The number of anilines is 1. The molecule has 8 heteroatoms. The molecular formula is C19H30N4O3S. The molecule has 1 aromatic rings. The second-order valence-corrected chi connectivity index (χ2v) is 8.40. The molecule has 150 valence electrons. The van der Waals surface area contributed by atoms with Crippen molar-refractivity contribution in [3.05, 3.63) is 16.0 Å². The van der Waals surface area contributed by atoms with Crippen LogP contribution in [0.1, 0.15) is 33.6 Å². The first-order chi connectivity index (χ1) is 13.1. The maximum absolute atomic E-state index is 12.8. The number of nitrogens with one attached hydrogen (secondary N) is 2. The Kier molecular flexibility index (Phi) is 7.23. The van der Waals surface area contributed by atoms with Crippen molar-refractivity contribution in [2.24, 2.45) is 0 Å². The van der Waals surface area contributed by atoms with Crippen LogP contribution in [0.25, 0.3) is 0 Å². The van der Waals surface area contributed by atoms with Crippen molar-refractivity contribution in [3.63, 3.8) is 0 Å². The van der Waals surface area contributed by atoms with E-state index in [1.165, 1.54) is 4.88 Å². The van der Waals surface area contributed by atoms with Crippen LogP contribution < -0.4 is 10.6 Å². The number of hydrogen-bond acceptors (Lipinski definition) is 6. The third kappa shape index (κ3) is 5.28. The van der Waals surface area contributed by atoms with Crippen LogP contribution in [0.4, 0.5) is 5.00 Å². The summed E-state index contributed by atoms with van der Waals surface area (Å²) in [6.45, 7) is 5.07. The normalized spacial score (nSPS) is 18.1. The molecule has 2 N–H and O–H groups in total. The van der Waals surface area contributed by atoms with Crippen LogP contribution in [-0.4, -0.2) is 81.6 Å². The lowest BCUT2D eigenvalue weighted by atomic mass is 9.95. The summed E-state index contributed by atoms with van der Waals surface area (Å²) < 4.78 is 5.02. The molecule has 0 saturated carbocycles. The van der Waals surface area contributed by atoms with Crippen molar-refractivity contribution in [1.82, 2.24) is 15.1 Å². The third-order valence-electron chi connectivity index (χ3n) is 5.21. The summed E-state index contributed by atoms with van der Waals surface area (Å²) >= 11 is 1.57. The van der Waals surface area contributed by atoms with E-state index in [9.17, 15) is 9.59 Å². The number of carbonyl (C=O) groups excluding carboxylic acids is 2. The van der Waals surface area contributed by atoms with Gasteiger partial charge in [0.1, 0.15) is 5.00 Å². The van der Waals surface area contributed by atoms with Crippen LogP contribution in [0.15, 0.2) is 0 Å². The summed E-state index contributed by atoms with van der Waals surface area (Å²) in [6.07, 6.45) is 4.14. The molecule has 0 bridgehead atoms. The van der Waals surface area contributed by atoms with E-state index in [1.807, 2.05) is 0 Å². The van der Waals surface area contributed by atoms with Gasteiger partial charge in [0.25, 0.3) is 5.91 Å². The molecular weight excluding hydrogens is 364 g/mol. The van der Waals surface area contributed by atoms with Crippen molar-refractivity contribution in [1.29, 1.82) is 0 Å². The molecule has 2 aliphatic rings. The lowest BCUT2D eigenvalue weighted by molar-refractivity contribution is -0.117. The number of likely N-dealkylation sites (N-methyl/N-ethyl adjacent to an activating group) is 1. The largest absolute Gasteiger partial charge is 0.383 e. The number of methoxy groups -OCH3 is 1. The number of thiophene rings is 1. The Labute approximate surface area is 165 Å². The number of aryl methyl sites for hydroxylation is 1. The minimum Gasteiger partial charge on any atom is -0.383 e. The third-order valence-corrected chi connectivity index (χ3v) is 6.41. The number of piperazine rings is 1.